The van der Waals surface area contributed by atoms with Gasteiger partial charge in [0.15, 0.2) is 11.5 Å². The predicted octanol–water partition coefficient (Wildman–Crippen LogP) is 2.01. The number of nitrogens with zero attached hydrogens (tertiary/aromatic N) is 3. The van der Waals surface area contributed by atoms with E-state index in [1.165, 1.54) is 0 Å². The van der Waals surface area contributed by atoms with Crippen LogP contribution in [-0.4, -0.2) is 46.6 Å². The maximum Gasteiger partial charge on any atom is 0.276 e. The molecule has 1 N–H and O–H groups in total. The molecule has 8 heteroatoms. The summed E-state index contributed by atoms with van der Waals surface area (Å²) >= 11 is 0. The second kappa shape index (κ2) is 8.12. The Bertz CT molecular complexity index is 606. The van der Waals surface area contributed by atoms with E-state index < -0.39 is 0 Å². The quantitative estimate of drug-likeness (QED) is 0.902. The molecule has 0 aliphatic carbocycles. The van der Waals surface area contributed by atoms with Gasteiger partial charge in [0.1, 0.15) is 0 Å². The number of carbonyl (C=O) groups is 1. The van der Waals surface area contributed by atoms with Crippen LogP contribution in [0.2, 0.25) is 0 Å². The number of piperazine rings is 1. The average molecular weight is 345 g/mol. The Balaban J connectivity index is 0.00000121. The lowest BCUT2D eigenvalue weighted by Crippen LogP contribution is -2.52. The van der Waals surface area contributed by atoms with E-state index in [0.717, 1.165) is 18.7 Å². The van der Waals surface area contributed by atoms with E-state index in [9.17, 15) is 4.79 Å². The van der Waals surface area contributed by atoms with Crippen molar-refractivity contribution in [1.82, 2.24) is 20.4 Å². The largest absolute Gasteiger partial charge is 0.355 e. The lowest BCUT2D eigenvalue weighted by Gasteiger charge is -2.33. The highest BCUT2D eigenvalue weighted by atomic mass is 35.5. The number of rotatable bonds is 2. The van der Waals surface area contributed by atoms with Gasteiger partial charge in [0.25, 0.3) is 5.91 Å². The fourth-order valence-electron chi connectivity index (χ4n) is 2.31. The number of hydrogen-bond acceptors (Lipinski definition) is 5. The molecule has 1 amide bonds. The Morgan fingerprint density at radius 2 is 2.27 bits per heavy atom. The lowest BCUT2D eigenvalue weighted by molar-refractivity contribution is 0.0645. The van der Waals surface area contributed by atoms with E-state index in [-0.39, 0.29) is 36.8 Å². The van der Waals surface area contributed by atoms with Gasteiger partial charge in [-0.1, -0.05) is 5.16 Å². The summed E-state index contributed by atoms with van der Waals surface area (Å²) in [4.78, 5) is 18.3. The molecule has 0 spiro atoms. The van der Waals surface area contributed by atoms with E-state index in [1.807, 2.05) is 24.0 Å². The summed E-state index contributed by atoms with van der Waals surface area (Å²) < 4.78 is 5.24. The van der Waals surface area contributed by atoms with Crippen molar-refractivity contribution in [3.05, 3.63) is 36.3 Å². The minimum atomic E-state index is -0.0853. The number of carbonyl (C=O) groups excluding carboxylic acids is 1. The van der Waals surface area contributed by atoms with Gasteiger partial charge in [-0.15, -0.1) is 24.8 Å². The molecule has 2 aromatic rings. The van der Waals surface area contributed by atoms with Crippen LogP contribution in [0.3, 0.4) is 0 Å². The van der Waals surface area contributed by atoms with Gasteiger partial charge in [-0.2, -0.15) is 0 Å². The predicted molar refractivity (Wildman–Crippen MR) is 87.6 cm³/mol. The molecule has 0 radical (unpaired) electrons. The number of hydrogen-bond donors (Lipinski definition) is 1. The van der Waals surface area contributed by atoms with Crippen molar-refractivity contribution in [2.45, 2.75) is 13.0 Å². The first-order chi connectivity index (χ1) is 9.75. The van der Waals surface area contributed by atoms with Gasteiger partial charge < -0.3 is 14.7 Å². The van der Waals surface area contributed by atoms with Gasteiger partial charge in [0.05, 0.1) is 0 Å². The van der Waals surface area contributed by atoms with Crippen molar-refractivity contribution < 1.29 is 9.32 Å². The van der Waals surface area contributed by atoms with Crippen LogP contribution in [0.1, 0.15) is 17.4 Å². The summed E-state index contributed by atoms with van der Waals surface area (Å²) in [5.74, 6) is 0.474. The summed E-state index contributed by atoms with van der Waals surface area (Å²) in [5, 5.41) is 7.14. The van der Waals surface area contributed by atoms with E-state index >= 15 is 0 Å². The third-order valence-electron chi connectivity index (χ3n) is 3.44. The normalized spacial score (nSPS) is 17.3. The van der Waals surface area contributed by atoms with Crippen LogP contribution in [0.25, 0.3) is 11.3 Å². The van der Waals surface area contributed by atoms with Crippen molar-refractivity contribution >= 4 is 30.7 Å². The summed E-state index contributed by atoms with van der Waals surface area (Å²) in [5.41, 5.74) is 1.16. The van der Waals surface area contributed by atoms with Crippen LogP contribution in [-0.2, 0) is 0 Å². The van der Waals surface area contributed by atoms with E-state index in [0.29, 0.717) is 18.0 Å². The van der Waals surface area contributed by atoms with E-state index in [4.69, 9.17) is 4.52 Å². The van der Waals surface area contributed by atoms with Crippen molar-refractivity contribution in [1.29, 1.82) is 0 Å². The highest BCUT2D eigenvalue weighted by Gasteiger charge is 2.26. The van der Waals surface area contributed by atoms with E-state index in [1.54, 1.807) is 18.5 Å². The minimum absolute atomic E-state index is 0. The number of amides is 1. The summed E-state index contributed by atoms with van der Waals surface area (Å²) in [6.07, 6.45) is 3.37. The molecule has 1 aliphatic rings. The maximum atomic E-state index is 12.4. The maximum absolute atomic E-state index is 12.4. The monoisotopic (exact) mass is 344 g/mol. The van der Waals surface area contributed by atoms with Crippen molar-refractivity contribution in [3.8, 4) is 11.3 Å². The molecule has 0 bridgehead atoms. The molecule has 1 unspecified atom stereocenters. The third-order valence-corrected chi connectivity index (χ3v) is 3.44. The first-order valence-electron chi connectivity index (χ1n) is 6.64. The molecule has 120 valence electrons. The highest BCUT2D eigenvalue weighted by Crippen LogP contribution is 2.20. The van der Waals surface area contributed by atoms with Gasteiger partial charge in [-0.05, 0) is 19.1 Å². The molecule has 3 rings (SSSR count). The molecule has 22 heavy (non-hydrogen) atoms. The molecule has 1 saturated heterocycles. The number of halogens is 2. The van der Waals surface area contributed by atoms with Crippen molar-refractivity contribution in [2.75, 3.05) is 19.6 Å². The zero-order valence-corrected chi connectivity index (χ0v) is 13.7. The zero-order chi connectivity index (χ0) is 13.9. The number of nitrogens with one attached hydrogen (secondary N) is 1. The Kier molecular flexibility index (Phi) is 6.80. The van der Waals surface area contributed by atoms with Gasteiger partial charge in [-0.3, -0.25) is 9.78 Å². The molecular formula is C14H18Cl2N4O2. The molecule has 1 atom stereocenters. The second-order valence-electron chi connectivity index (χ2n) is 4.87. The Morgan fingerprint density at radius 1 is 1.45 bits per heavy atom. The standard InChI is InChI=1S/C14H16N4O2.2ClH/c1-10-8-16-5-6-18(10)14(19)12-7-13(20-17-12)11-3-2-4-15-9-11;;/h2-4,7,9-10,16H,5-6,8H2,1H3;2*1H. The highest BCUT2D eigenvalue weighted by molar-refractivity contribution is 5.93. The summed E-state index contributed by atoms with van der Waals surface area (Å²) in [6, 6.07) is 5.52. The first-order valence-corrected chi connectivity index (χ1v) is 6.64. The molecule has 0 aromatic carbocycles. The van der Waals surface area contributed by atoms with Crippen LogP contribution >= 0.6 is 24.8 Å². The summed E-state index contributed by atoms with van der Waals surface area (Å²) in [7, 11) is 0. The van der Waals surface area contributed by atoms with Crippen molar-refractivity contribution in [2.24, 2.45) is 0 Å². The van der Waals surface area contributed by atoms with Crippen LogP contribution in [0.4, 0.5) is 0 Å². The molecule has 1 aliphatic heterocycles. The fourth-order valence-corrected chi connectivity index (χ4v) is 2.31. The van der Waals surface area contributed by atoms with Gasteiger partial charge in [0.2, 0.25) is 0 Å². The number of pyridine rings is 1. The van der Waals surface area contributed by atoms with Gasteiger partial charge >= 0.3 is 0 Å². The van der Waals surface area contributed by atoms with Crippen LogP contribution in [0.5, 0.6) is 0 Å². The Labute approximate surface area is 141 Å². The van der Waals surface area contributed by atoms with Gasteiger partial charge in [0, 0.05) is 49.7 Å². The average Bonchev–Trinajstić information content (AvgIpc) is 2.98. The van der Waals surface area contributed by atoms with Gasteiger partial charge in [-0.25, -0.2) is 0 Å². The van der Waals surface area contributed by atoms with Crippen LogP contribution in [0.15, 0.2) is 35.1 Å². The third kappa shape index (κ3) is 3.76. The topological polar surface area (TPSA) is 71.3 Å². The van der Waals surface area contributed by atoms with Crippen molar-refractivity contribution in [3.63, 3.8) is 0 Å². The Morgan fingerprint density at radius 3 is 2.95 bits per heavy atom. The molecule has 6 nitrogen and oxygen atoms in total. The fraction of sp³-hybridized carbons (Fsp3) is 0.357. The van der Waals surface area contributed by atoms with Crippen LogP contribution < -0.4 is 5.32 Å². The number of aromatic nitrogens is 2. The smallest absolute Gasteiger partial charge is 0.276 e. The van der Waals surface area contributed by atoms with Crippen LogP contribution in [0, 0.1) is 0 Å². The molecule has 3 heterocycles. The SMILES string of the molecule is CC1CNCCN1C(=O)c1cc(-c2cccnc2)on1.Cl.Cl. The molecule has 2 aromatic heterocycles. The zero-order valence-electron chi connectivity index (χ0n) is 12.1. The molecule has 1 fully saturated rings. The first kappa shape index (κ1) is 18.4. The Hall–Kier alpha value is -1.63. The molecule has 0 saturated carbocycles. The second-order valence-corrected chi connectivity index (χ2v) is 4.87. The minimum Gasteiger partial charge on any atom is -0.355 e. The lowest BCUT2D eigenvalue weighted by atomic mass is 10.2. The molecular weight excluding hydrogens is 327 g/mol. The van der Waals surface area contributed by atoms with E-state index in [2.05, 4.69) is 15.5 Å². The summed E-state index contributed by atoms with van der Waals surface area (Å²) in [6.45, 7) is 4.32.